The smallest absolute Gasteiger partial charge is 0.339 e. The molecule has 0 atom stereocenters. The van der Waals surface area contributed by atoms with Gasteiger partial charge in [0.2, 0.25) is 0 Å². The van der Waals surface area contributed by atoms with Gasteiger partial charge >= 0.3 is 5.97 Å². The van der Waals surface area contributed by atoms with Crippen LogP contribution >= 0.6 is 0 Å². The highest BCUT2D eigenvalue weighted by Crippen LogP contribution is 2.20. The van der Waals surface area contributed by atoms with Gasteiger partial charge in [-0.3, -0.25) is 4.98 Å². The van der Waals surface area contributed by atoms with Crippen molar-refractivity contribution in [3.8, 4) is 11.3 Å². The molecule has 18 heavy (non-hydrogen) atoms. The summed E-state index contributed by atoms with van der Waals surface area (Å²) in [7, 11) is 0. The predicted octanol–water partition coefficient (Wildman–Crippen LogP) is 1.72. The summed E-state index contributed by atoms with van der Waals surface area (Å²) < 4.78 is 0. The zero-order chi connectivity index (χ0) is 12.5. The first-order valence-electron chi connectivity index (χ1n) is 5.23. The number of H-pyrrole nitrogens is 1. The molecule has 0 amide bonds. The molecule has 0 saturated carbocycles. The lowest BCUT2D eigenvalue weighted by Gasteiger charge is -1.99. The van der Waals surface area contributed by atoms with E-state index in [0.29, 0.717) is 16.9 Å². The molecular weight excluding hydrogens is 232 g/mol. The molecule has 0 radical (unpaired) electrons. The minimum Gasteiger partial charge on any atom is -0.478 e. The quantitative estimate of drug-likeness (QED) is 0.711. The topological polar surface area (TPSA) is 91.8 Å². The molecule has 6 nitrogen and oxygen atoms in total. The first kappa shape index (κ1) is 10.4. The first-order chi connectivity index (χ1) is 8.75. The molecule has 3 rings (SSSR count). The Bertz CT molecular complexity index is 721. The second kappa shape index (κ2) is 3.92. The molecule has 88 valence electrons. The van der Waals surface area contributed by atoms with Gasteiger partial charge in [0.1, 0.15) is 11.1 Å². The third kappa shape index (κ3) is 1.60. The lowest BCUT2D eigenvalue weighted by atomic mass is 10.2. The van der Waals surface area contributed by atoms with Gasteiger partial charge in [0, 0.05) is 24.2 Å². The predicted molar refractivity (Wildman–Crippen MR) is 64.1 cm³/mol. The third-order valence-corrected chi connectivity index (χ3v) is 2.57. The number of carboxylic acid groups (broad SMARTS) is 1. The van der Waals surface area contributed by atoms with Crippen LogP contribution in [0.3, 0.4) is 0 Å². The van der Waals surface area contributed by atoms with E-state index < -0.39 is 5.97 Å². The third-order valence-electron chi connectivity index (χ3n) is 2.57. The number of nitrogens with zero attached hydrogens (tertiary/aromatic N) is 3. The normalized spacial score (nSPS) is 10.7. The molecule has 3 aromatic heterocycles. The van der Waals surface area contributed by atoms with Crippen LogP contribution in [0.15, 0.2) is 36.9 Å². The highest BCUT2D eigenvalue weighted by molar-refractivity contribution is 6.00. The van der Waals surface area contributed by atoms with E-state index in [1.54, 1.807) is 24.7 Å². The molecular formula is C12H8N4O2. The zero-order valence-corrected chi connectivity index (χ0v) is 9.16. The summed E-state index contributed by atoms with van der Waals surface area (Å²) in [6.45, 7) is 0. The maximum atomic E-state index is 11.0. The van der Waals surface area contributed by atoms with Crippen LogP contribution in [0.25, 0.3) is 22.4 Å². The van der Waals surface area contributed by atoms with Crippen LogP contribution < -0.4 is 0 Å². The molecule has 3 heterocycles. The van der Waals surface area contributed by atoms with Gasteiger partial charge in [-0.05, 0) is 12.1 Å². The van der Waals surface area contributed by atoms with Crippen molar-refractivity contribution in [2.45, 2.75) is 0 Å². The number of aromatic carboxylic acids is 1. The van der Waals surface area contributed by atoms with Crippen molar-refractivity contribution >= 4 is 17.1 Å². The van der Waals surface area contributed by atoms with Crippen molar-refractivity contribution in [3.63, 3.8) is 0 Å². The van der Waals surface area contributed by atoms with Gasteiger partial charge in [0.05, 0.1) is 11.9 Å². The van der Waals surface area contributed by atoms with Crippen LogP contribution in [0.2, 0.25) is 0 Å². The average molecular weight is 240 g/mol. The van der Waals surface area contributed by atoms with Gasteiger partial charge in [-0.2, -0.15) is 0 Å². The van der Waals surface area contributed by atoms with E-state index in [9.17, 15) is 4.79 Å². The first-order valence-corrected chi connectivity index (χ1v) is 5.23. The van der Waals surface area contributed by atoms with Crippen molar-refractivity contribution in [1.29, 1.82) is 0 Å². The van der Waals surface area contributed by atoms with Gasteiger partial charge < -0.3 is 10.1 Å². The Kier molecular flexibility index (Phi) is 2.26. The van der Waals surface area contributed by atoms with Crippen molar-refractivity contribution < 1.29 is 9.90 Å². The maximum absolute atomic E-state index is 11.0. The summed E-state index contributed by atoms with van der Waals surface area (Å²) >= 11 is 0. The van der Waals surface area contributed by atoms with Crippen molar-refractivity contribution in [2.24, 2.45) is 0 Å². The van der Waals surface area contributed by atoms with E-state index in [1.165, 1.54) is 6.20 Å². The number of hydrogen-bond donors (Lipinski definition) is 2. The van der Waals surface area contributed by atoms with Gasteiger partial charge in [-0.1, -0.05) is 0 Å². The number of pyridine rings is 1. The lowest BCUT2D eigenvalue weighted by molar-refractivity contribution is 0.0699. The Labute approximate surface area is 101 Å². The molecule has 3 aromatic rings. The Hall–Kier alpha value is -2.76. The fourth-order valence-electron chi connectivity index (χ4n) is 1.71. The monoisotopic (exact) mass is 240 g/mol. The number of carboxylic acids is 1. The van der Waals surface area contributed by atoms with Crippen molar-refractivity contribution in [1.82, 2.24) is 19.9 Å². The van der Waals surface area contributed by atoms with E-state index >= 15 is 0 Å². The second-order valence-corrected chi connectivity index (χ2v) is 3.70. The second-order valence-electron chi connectivity index (χ2n) is 3.70. The molecule has 0 fully saturated rings. The fourth-order valence-corrected chi connectivity index (χ4v) is 1.71. The van der Waals surface area contributed by atoms with Crippen molar-refractivity contribution in [2.75, 3.05) is 0 Å². The van der Waals surface area contributed by atoms with Gasteiger partial charge in [0.15, 0.2) is 5.65 Å². The molecule has 2 N–H and O–H groups in total. The van der Waals surface area contributed by atoms with E-state index in [-0.39, 0.29) is 5.56 Å². The SMILES string of the molecule is O=C(O)c1c[nH]c2ncc(-c3cccnc3)nc12. The summed E-state index contributed by atoms with van der Waals surface area (Å²) in [4.78, 5) is 26.3. The largest absolute Gasteiger partial charge is 0.478 e. The molecule has 0 aliphatic carbocycles. The zero-order valence-electron chi connectivity index (χ0n) is 9.16. The number of rotatable bonds is 2. The summed E-state index contributed by atoms with van der Waals surface area (Å²) in [5.41, 5.74) is 2.31. The van der Waals surface area contributed by atoms with Gasteiger partial charge in [0.25, 0.3) is 0 Å². The Morgan fingerprint density at radius 2 is 2.22 bits per heavy atom. The fraction of sp³-hybridized carbons (Fsp3) is 0. The number of hydrogen-bond acceptors (Lipinski definition) is 4. The lowest BCUT2D eigenvalue weighted by Crippen LogP contribution is -1.96. The summed E-state index contributed by atoms with van der Waals surface area (Å²) in [6, 6.07) is 3.63. The minimum atomic E-state index is -1.03. The minimum absolute atomic E-state index is 0.114. The maximum Gasteiger partial charge on any atom is 0.339 e. The van der Waals surface area contributed by atoms with Crippen LogP contribution in [0.4, 0.5) is 0 Å². The standard InChI is InChI=1S/C12H8N4O2/c17-12(18)8-5-14-11-10(8)16-9(6-15-11)7-2-1-3-13-4-7/h1-6H,(H,14,15)(H,17,18). The highest BCUT2D eigenvalue weighted by atomic mass is 16.4. The highest BCUT2D eigenvalue weighted by Gasteiger charge is 2.13. The van der Waals surface area contributed by atoms with Crippen LogP contribution in [0.5, 0.6) is 0 Å². The Morgan fingerprint density at radius 3 is 2.94 bits per heavy atom. The van der Waals surface area contributed by atoms with E-state index in [2.05, 4.69) is 19.9 Å². The van der Waals surface area contributed by atoms with Gasteiger partial charge in [-0.25, -0.2) is 14.8 Å². The van der Waals surface area contributed by atoms with E-state index in [4.69, 9.17) is 5.11 Å². The Morgan fingerprint density at radius 1 is 1.33 bits per heavy atom. The van der Waals surface area contributed by atoms with Gasteiger partial charge in [-0.15, -0.1) is 0 Å². The molecule has 0 aromatic carbocycles. The molecule has 0 saturated heterocycles. The number of aromatic amines is 1. The van der Waals surface area contributed by atoms with E-state index in [0.717, 1.165) is 5.56 Å². The molecule has 0 spiro atoms. The molecule has 6 heteroatoms. The summed E-state index contributed by atoms with van der Waals surface area (Å²) in [6.07, 6.45) is 6.29. The number of carbonyl (C=O) groups is 1. The van der Waals surface area contributed by atoms with Crippen LogP contribution in [0.1, 0.15) is 10.4 Å². The molecule has 0 bridgehead atoms. The van der Waals surface area contributed by atoms with Crippen LogP contribution in [-0.2, 0) is 0 Å². The average Bonchev–Trinajstić information content (AvgIpc) is 2.82. The summed E-state index contributed by atoms with van der Waals surface area (Å²) in [5.74, 6) is -1.03. The number of fused-ring (bicyclic) bond motifs is 1. The molecule has 0 aliphatic rings. The molecule has 0 unspecified atom stereocenters. The van der Waals surface area contributed by atoms with Crippen LogP contribution in [0, 0.1) is 0 Å². The van der Waals surface area contributed by atoms with Crippen LogP contribution in [-0.4, -0.2) is 31.0 Å². The summed E-state index contributed by atoms with van der Waals surface area (Å²) in [5, 5.41) is 9.03. The van der Waals surface area contributed by atoms with Crippen molar-refractivity contribution in [3.05, 3.63) is 42.5 Å². The molecule has 0 aliphatic heterocycles. The number of aromatic nitrogens is 4. The Balaban J connectivity index is 2.21. The van der Waals surface area contributed by atoms with E-state index in [1.807, 2.05) is 6.07 Å². The number of nitrogens with one attached hydrogen (secondary N) is 1.